The fourth-order valence-electron chi connectivity index (χ4n) is 4.96. The molecule has 4 unspecified atom stereocenters. The molecule has 0 aromatic heterocycles. The molecule has 0 nitrogen and oxygen atoms in total. The first kappa shape index (κ1) is 10.2. The molecule has 4 rings (SSSR count). The van der Waals surface area contributed by atoms with E-state index in [9.17, 15) is 0 Å². The van der Waals surface area contributed by atoms with Crippen LogP contribution in [0.2, 0.25) is 0 Å². The Kier molecular flexibility index (Phi) is 1.77. The summed E-state index contributed by atoms with van der Waals surface area (Å²) in [6.07, 6.45) is 4.53. The number of hydrogen-bond acceptors (Lipinski definition) is 0. The quantitative estimate of drug-likeness (QED) is 0.606. The SMILES string of the molecule is CC(C)(C)c1cccc2c1C1C3CCC(C3)C21. The topological polar surface area (TPSA) is 0 Å². The molecule has 0 heteroatoms. The second-order valence-electron chi connectivity index (χ2n) is 7.44. The molecule has 4 atom stereocenters. The van der Waals surface area contributed by atoms with E-state index in [-0.39, 0.29) is 0 Å². The van der Waals surface area contributed by atoms with Gasteiger partial charge in [-0.3, -0.25) is 0 Å². The molecule has 0 spiro atoms. The zero-order valence-electron chi connectivity index (χ0n) is 11.2. The van der Waals surface area contributed by atoms with Gasteiger partial charge in [0.15, 0.2) is 0 Å². The second kappa shape index (κ2) is 2.96. The predicted octanol–water partition coefficient (Wildman–Crippen LogP) is 4.59. The normalized spacial score (nSPS) is 37.6. The second-order valence-corrected chi connectivity index (χ2v) is 7.44. The van der Waals surface area contributed by atoms with Crippen LogP contribution in [0.15, 0.2) is 18.2 Å². The van der Waals surface area contributed by atoms with Gasteiger partial charge in [-0.2, -0.15) is 0 Å². The van der Waals surface area contributed by atoms with Crippen molar-refractivity contribution in [1.82, 2.24) is 0 Å². The van der Waals surface area contributed by atoms with Gasteiger partial charge in [0, 0.05) is 0 Å². The summed E-state index contributed by atoms with van der Waals surface area (Å²) < 4.78 is 0. The molecule has 0 saturated heterocycles. The van der Waals surface area contributed by atoms with Crippen molar-refractivity contribution in [1.29, 1.82) is 0 Å². The molecule has 2 saturated carbocycles. The summed E-state index contributed by atoms with van der Waals surface area (Å²) in [5.41, 5.74) is 5.42. The van der Waals surface area contributed by atoms with E-state index in [1.165, 1.54) is 19.3 Å². The smallest absolute Gasteiger partial charge is 0.00561 e. The van der Waals surface area contributed by atoms with E-state index in [4.69, 9.17) is 0 Å². The maximum Gasteiger partial charge on any atom is -0.00561 e. The van der Waals surface area contributed by atoms with Crippen LogP contribution in [0.4, 0.5) is 0 Å². The van der Waals surface area contributed by atoms with E-state index >= 15 is 0 Å². The molecule has 0 N–H and O–H groups in total. The highest BCUT2D eigenvalue weighted by molar-refractivity contribution is 5.55. The van der Waals surface area contributed by atoms with Crippen molar-refractivity contribution in [3.63, 3.8) is 0 Å². The third-order valence-electron chi connectivity index (χ3n) is 5.56. The first-order valence-electron chi connectivity index (χ1n) is 7.20. The van der Waals surface area contributed by atoms with Crippen LogP contribution in [-0.4, -0.2) is 0 Å². The number of rotatable bonds is 0. The molecular weight excluding hydrogens is 204 g/mol. The van der Waals surface area contributed by atoms with Crippen LogP contribution < -0.4 is 0 Å². The first-order chi connectivity index (χ1) is 8.07. The van der Waals surface area contributed by atoms with E-state index in [1.54, 1.807) is 16.7 Å². The lowest BCUT2D eigenvalue weighted by molar-refractivity contribution is 0.316. The van der Waals surface area contributed by atoms with Crippen molar-refractivity contribution in [2.45, 2.75) is 57.3 Å². The van der Waals surface area contributed by atoms with Crippen LogP contribution in [0.3, 0.4) is 0 Å². The number of hydrogen-bond donors (Lipinski definition) is 0. The van der Waals surface area contributed by atoms with Crippen LogP contribution in [0.25, 0.3) is 0 Å². The van der Waals surface area contributed by atoms with Crippen LogP contribution in [0.5, 0.6) is 0 Å². The summed E-state index contributed by atoms with van der Waals surface area (Å²) in [6, 6.07) is 7.08. The van der Waals surface area contributed by atoms with Crippen LogP contribution in [0.1, 0.15) is 68.6 Å². The van der Waals surface area contributed by atoms with E-state index < -0.39 is 0 Å². The van der Waals surface area contributed by atoms with Crippen LogP contribution >= 0.6 is 0 Å². The minimum Gasteiger partial charge on any atom is -0.0617 e. The maximum absolute atomic E-state index is 2.41. The van der Waals surface area contributed by atoms with Crippen molar-refractivity contribution in [2.75, 3.05) is 0 Å². The summed E-state index contributed by atoms with van der Waals surface area (Å²) in [5.74, 6) is 3.96. The zero-order chi connectivity index (χ0) is 11.8. The molecule has 2 bridgehead atoms. The van der Waals surface area contributed by atoms with E-state index in [2.05, 4.69) is 39.0 Å². The van der Waals surface area contributed by atoms with Gasteiger partial charge in [0.1, 0.15) is 0 Å². The van der Waals surface area contributed by atoms with Crippen LogP contribution in [0, 0.1) is 11.8 Å². The Balaban J connectivity index is 1.87. The van der Waals surface area contributed by atoms with E-state index in [0.717, 1.165) is 23.7 Å². The summed E-state index contributed by atoms with van der Waals surface area (Å²) in [6.45, 7) is 7.09. The van der Waals surface area contributed by atoms with Gasteiger partial charge >= 0.3 is 0 Å². The highest BCUT2D eigenvalue weighted by Gasteiger charge is 2.56. The average Bonchev–Trinajstić information content (AvgIpc) is 2.78. The molecule has 2 fully saturated rings. The number of fused-ring (bicyclic) bond motifs is 8. The third kappa shape index (κ3) is 1.14. The standard InChI is InChI=1S/C17H22/c1-17(2,3)13-6-4-5-12-14-10-7-8-11(9-10)15(14)16(12)13/h4-6,10-11,14-15H,7-9H2,1-3H3. The molecule has 1 aromatic rings. The van der Waals surface area contributed by atoms with Gasteiger partial charge in [0.05, 0.1) is 0 Å². The molecule has 0 aliphatic heterocycles. The fraction of sp³-hybridized carbons (Fsp3) is 0.647. The Hall–Kier alpha value is -0.780. The van der Waals surface area contributed by atoms with Crippen molar-refractivity contribution < 1.29 is 0 Å². The molecule has 90 valence electrons. The molecule has 0 amide bonds. The Morgan fingerprint density at radius 2 is 1.71 bits per heavy atom. The van der Waals surface area contributed by atoms with Crippen molar-refractivity contribution >= 4 is 0 Å². The molecule has 17 heavy (non-hydrogen) atoms. The Labute approximate surface area is 104 Å². The Morgan fingerprint density at radius 1 is 1.00 bits per heavy atom. The van der Waals surface area contributed by atoms with Gasteiger partial charge in [0.25, 0.3) is 0 Å². The number of benzene rings is 1. The maximum atomic E-state index is 2.41. The minimum atomic E-state index is 0.318. The lowest BCUT2D eigenvalue weighted by Crippen LogP contribution is -2.33. The molecular formula is C17H22. The predicted molar refractivity (Wildman–Crippen MR) is 71.5 cm³/mol. The lowest BCUT2D eigenvalue weighted by atomic mass is 9.58. The fourth-order valence-corrected chi connectivity index (χ4v) is 4.96. The highest BCUT2D eigenvalue weighted by Crippen LogP contribution is 2.68. The molecule has 3 aliphatic carbocycles. The van der Waals surface area contributed by atoms with Gasteiger partial charge in [-0.25, -0.2) is 0 Å². The third-order valence-corrected chi connectivity index (χ3v) is 5.56. The Bertz CT molecular complexity index is 477. The van der Waals surface area contributed by atoms with Crippen molar-refractivity contribution in [2.24, 2.45) is 11.8 Å². The molecule has 0 radical (unpaired) electrons. The summed E-state index contributed by atoms with van der Waals surface area (Å²) >= 11 is 0. The van der Waals surface area contributed by atoms with Crippen molar-refractivity contribution in [3.8, 4) is 0 Å². The zero-order valence-corrected chi connectivity index (χ0v) is 11.2. The van der Waals surface area contributed by atoms with Gasteiger partial charge in [0.2, 0.25) is 0 Å². The van der Waals surface area contributed by atoms with Crippen LogP contribution in [-0.2, 0) is 5.41 Å². The van der Waals surface area contributed by atoms with Gasteiger partial charge < -0.3 is 0 Å². The van der Waals surface area contributed by atoms with Gasteiger partial charge in [-0.15, -0.1) is 0 Å². The summed E-state index contributed by atoms with van der Waals surface area (Å²) in [4.78, 5) is 0. The average molecular weight is 226 g/mol. The van der Waals surface area contributed by atoms with E-state index in [1.807, 2.05) is 0 Å². The van der Waals surface area contributed by atoms with Gasteiger partial charge in [-0.05, 0) is 65.0 Å². The summed E-state index contributed by atoms with van der Waals surface area (Å²) in [7, 11) is 0. The highest BCUT2D eigenvalue weighted by atomic mass is 14.6. The van der Waals surface area contributed by atoms with Gasteiger partial charge in [-0.1, -0.05) is 39.0 Å². The largest absolute Gasteiger partial charge is 0.0617 e. The minimum absolute atomic E-state index is 0.318. The molecule has 0 heterocycles. The summed E-state index contributed by atoms with van der Waals surface area (Å²) in [5, 5.41) is 0. The Morgan fingerprint density at radius 3 is 2.41 bits per heavy atom. The van der Waals surface area contributed by atoms with Crippen molar-refractivity contribution in [3.05, 3.63) is 34.9 Å². The molecule has 1 aromatic carbocycles. The lowest BCUT2D eigenvalue weighted by Gasteiger charge is -2.46. The first-order valence-corrected chi connectivity index (χ1v) is 7.20. The van der Waals surface area contributed by atoms with E-state index in [0.29, 0.717) is 5.41 Å². The monoisotopic (exact) mass is 226 g/mol. The molecule has 3 aliphatic rings.